The van der Waals surface area contributed by atoms with Crippen molar-refractivity contribution in [2.24, 2.45) is 0 Å². The van der Waals surface area contributed by atoms with E-state index in [9.17, 15) is 4.79 Å². The fourth-order valence-corrected chi connectivity index (χ4v) is 2.32. The Morgan fingerprint density at radius 1 is 1.36 bits per heavy atom. The first kappa shape index (κ1) is 16.6. The van der Waals surface area contributed by atoms with Crippen molar-refractivity contribution in [3.63, 3.8) is 0 Å². The molecular formula is C17H25N3O2. The molecule has 1 aromatic heterocycles. The van der Waals surface area contributed by atoms with Gasteiger partial charge in [-0.3, -0.25) is 9.36 Å². The van der Waals surface area contributed by atoms with E-state index in [2.05, 4.69) is 31.1 Å². The quantitative estimate of drug-likeness (QED) is 0.852. The van der Waals surface area contributed by atoms with Crippen LogP contribution in [0.3, 0.4) is 0 Å². The molecule has 1 aromatic carbocycles. The summed E-state index contributed by atoms with van der Waals surface area (Å²) in [7, 11) is 1.73. The second-order valence-corrected chi connectivity index (χ2v) is 6.29. The second kappa shape index (κ2) is 7.03. The van der Waals surface area contributed by atoms with Gasteiger partial charge in [0.2, 0.25) is 0 Å². The van der Waals surface area contributed by atoms with E-state index in [4.69, 9.17) is 4.74 Å². The molecule has 5 heteroatoms. The number of methoxy groups -OCH3 is 1. The summed E-state index contributed by atoms with van der Waals surface area (Å²) >= 11 is 0. The Balaban J connectivity index is 1.99. The van der Waals surface area contributed by atoms with Gasteiger partial charge < -0.3 is 10.1 Å². The zero-order valence-electron chi connectivity index (χ0n) is 13.8. The van der Waals surface area contributed by atoms with E-state index in [-0.39, 0.29) is 17.2 Å². The maximum atomic E-state index is 12.4. The molecule has 0 bridgehead atoms. The summed E-state index contributed by atoms with van der Waals surface area (Å²) in [6.45, 7) is 7.65. The van der Waals surface area contributed by atoms with E-state index in [1.807, 2.05) is 24.3 Å². The van der Waals surface area contributed by atoms with Crippen molar-refractivity contribution < 1.29 is 4.74 Å². The zero-order valence-corrected chi connectivity index (χ0v) is 13.8. The molecule has 2 aromatic rings. The average Bonchev–Trinajstić information content (AvgIpc) is 2.50. The van der Waals surface area contributed by atoms with Crippen LogP contribution in [0.2, 0.25) is 0 Å². The Morgan fingerprint density at radius 3 is 2.82 bits per heavy atom. The highest BCUT2D eigenvalue weighted by Crippen LogP contribution is 2.11. The van der Waals surface area contributed by atoms with Crippen molar-refractivity contribution in [2.75, 3.05) is 13.7 Å². The van der Waals surface area contributed by atoms with Crippen molar-refractivity contribution in [2.45, 2.75) is 45.4 Å². The van der Waals surface area contributed by atoms with E-state index in [1.165, 1.54) is 0 Å². The maximum absolute atomic E-state index is 12.4. The van der Waals surface area contributed by atoms with Crippen LogP contribution in [0.4, 0.5) is 0 Å². The maximum Gasteiger partial charge on any atom is 0.261 e. The van der Waals surface area contributed by atoms with Crippen LogP contribution < -0.4 is 10.9 Å². The minimum atomic E-state index is -0.131. The SMILES string of the molecule is COC(C)(C)CCN[C@H](C)Cn1cnc2ccccc2c1=O. The third-order valence-corrected chi connectivity index (χ3v) is 3.97. The average molecular weight is 303 g/mol. The van der Waals surface area contributed by atoms with Crippen LogP contribution in [0.1, 0.15) is 27.2 Å². The van der Waals surface area contributed by atoms with E-state index in [1.54, 1.807) is 18.0 Å². The number of nitrogens with one attached hydrogen (secondary N) is 1. The number of benzene rings is 1. The summed E-state index contributed by atoms with van der Waals surface area (Å²) in [5.41, 5.74) is 0.622. The number of hydrogen-bond donors (Lipinski definition) is 1. The molecule has 1 N–H and O–H groups in total. The molecule has 120 valence electrons. The molecule has 5 nitrogen and oxygen atoms in total. The number of para-hydroxylation sites is 1. The lowest BCUT2D eigenvalue weighted by atomic mass is 10.1. The summed E-state index contributed by atoms with van der Waals surface area (Å²) in [4.78, 5) is 16.8. The van der Waals surface area contributed by atoms with Gasteiger partial charge in [-0.1, -0.05) is 12.1 Å². The number of aromatic nitrogens is 2. The summed E-state index contributed by atoms with van der Waals surface area (Å²) in [6, 6.07) is 7.62. The van der Waals surface area contributed by atoms with Gasteiger partial charge in [0.05, 0.1) is 22.8 Å². The van der Waals surface area contributed by atoms with E-state index < -0.39 is 0 Å². The van der Waals surface area contributed by atoms with Crippen molar-refractivity contribution in [1.29, 1.82) is 0 Å². The van der Waals surface area contributed by atoms with Crippen LogP contribution in [0.15, 0.2) is 35.4 Å². The van der Waals surface area contributed by atoms with Crippen LogP contribution >= 0.6 is 0 Å². The number of nitrogens with zero attached hydrogens (tertiary/aromatic N) is 2. The van der Waals surface area contributed by atoms with Gasteiger partial charge in [0, 0.05) is 19.7 Å². The molecule has 0 aliphatic rings. The van der Waals surface area contributed by atoms with Gasteiger partial charge in [-0.2, -0.15) is 0 Å². The Bertz CT molecular complexity index is 679. The topological polar surface area (TPSA) is 56.1 Å². The van der Waals surface area contributed by atoms with Crippen molar-refractivity contribution in [1.82, 2.24) is 14.9 Å². The summed E-state index contributed by atoms with van der Waals surface area (Å²) < 4.78 is 7.07. The smallest absolute Gasteiger partial charge is 0.261 e. The molecule has 0 spiro atoms. The summed E-state index contributed by atoms with van der Waals surface area (Å²) in [5.74, 6) is 0. The van der Waals surface area contributed by atoms with Crippen LogP contribution in [-0.4, -0.2) is 34.8 Å². The molecule has 0 radical (unpaired) electrons. The first-order chi connectivity index (χ1) is 10.4. The number of fused-ring (bicyclic) bond motifs is 1. The molecular weight excluding hydrogens is 278 g/mol. The number of ether oxygens (including phenoxy) is 1. The van der Waals surface area contributed by atoms with Gasteiger partial charge in [0.25, 0.3) is 5.56 Å². The molecule has 0 amide bonds. The largest absolute Gasteiger partial charge is 0.379 e. The van der Waals surface area contributed by atoms with Crippen molar-refractivity contribution in [3.8, 4) is 0 Å². The third kappa shape index (κ3) is 4.15. The molecule has 0 saturated carbocycles. The summed E-state index contributed by atoms with van der Waals surface area (Å²) in [5, 5.41) is 4.09. The molecule has 0 aliphatic heterocycles. The lowest BCUT2D eigenvalue weighted by Crippen LogP contribution is -2.37. The fourth-order valence-electron chi connectivity index (χ4n) is 2.32. The van der Waals surface area contributed by atoms with Gasteiger partial charge >= 0.3 is 0 Å². The van der Waals surface area contributed by atoms with Crippen LogP contribution in [0, 0.1) is 0 Å². The highest BCUT2D eigenvalue weighted by Gasteiger charge is 2.16. The second-order valence-electron chi connectivity index (χ2n) is 6.29. The molecule has 1 atom stereocenters. The van der Waals surface area contributed by atoms with Gasteiger partial charge in [0.15, 0.2) is 0 Å². The third-order valence-electron chi connectivity index (χ3n) is 3.97. The Labute approximate surface area is 131 Å². The Morgan fingerprint density at radius 2 is 2.09 bits per heavy atom. The van der Waals surface area contributed by atoms with Crippen LogP contribution in [0.5, 0.6) is 0 Å². The molecule has 0 saturated heterocycles. The van der Waals surface area contributed by atoms with Gasteiger partial charge in [-0.05, 0) is 45.9 Å². The molecule has 2 rings (SSSR count). The van der Waals surface area contributed by atoms with Gasteiger partial charge in [0.1, 0.15) is 0 Å². The predicted octanol–water partition coefficient (Wildman–Crippen LogP) is 2.19. The normalized spacial score (nSPS) is 13.5. The fraction of sp³-hybridized carbons (Fsp3) is 0.529. The highest BCUT2D eigenvalue weighted by molar-refractivity contribution is 5.76. The van der Waals surface area contributed by atoms with Crippen LogP contribution in [0.25, 0.3) is 10.9 Å². The Kier molecular flexibility index (Phi) is 5.32. The van der Waals surface area contributed by atoms with Crippen molar-refractivity contribution >= 4 is 10.9 Å². The minimum absolute atomic E-state index is 0.0106. The Hall–Kier alpha value is -1.72. The van der Waals surface area contributed by atoms with Crippen molar-refractivity contribution in [3.05, 3.63) is 40.9 Å². The lowest BCUT2D eigenvalue weighted by Gasteiger charge is -2.24. The van der Waals surface area contributed by atoms with E-state index >= 15 is 0 Å². The van der Waals surface area contributed by atoms with Gasteiger partial charge in [-0.25, -0.2) is 4.98 Å². The highest BCUT2D eigenvalue weighted by atomic mass is 16.5. The molecule has 0 unspecified atom stereocenters. The molecule has 0 fully saturated rings. The summed E-state index contributed by atoms with van der Waals surface area (Å²) in [6.07, 6.45) is 2.54. The standard InChI is InChI=1S/C17H25N3O2/c1-13(18-10-9-17(2,3)22-4)11-20-12-19-15-8-6-5-7-14(15)16(20)21/h5-8,12-13,18H,9-11H2,1-4H3/t13-/m1/s1. The molecule has 0 aliphatic carbocycles. The predicted molar refractivity (Wildman–Crippen MR) is 89.2 cm³/mol. The first-order valence-electron chi connectivity index (χ1n) is 7.66. The zero-order chi connectivity index (χ0) is 16.2. The number of hydrogen-bond acceptors (Lipinski definition) is 4. The lowest BCUT2D eigenvalue weighted by molar-refractivity contribution is 0.0153. The molecule has 22 heavy (non-hydrogen) atoms. The first-order valence-corrected chi connectivity index (χ1v) is 7.66. The monoisotopic (exact) mass is 303 g/mol. The van der Waals surface area contributed by atoms with Gasteiger partial charge in [-0.15, -0.1) is 0 Å². The van der Waals surface area contributed by atoms with Crippen LogP contribution in [-0.2, 0) is 11.3 Å². The number of rotatable bonds is 7. The minimum Gasteiger partial charge on any atom is -0.379 e. The van der Waals surface area contributed by atoms with E-state index in [0.29, 0.717) is 11.9 Å². The molecule has 1 heterocycles. The van der Waals surface area contributed by atoms with E-state index in [0.717, 1.165) is 18.5 Å².